The molecule has 0 aliphatic rings. The zero-order valence-electron chi connectivity index (χ0n) is 9.65. The molecule has 3 N–H and O–H groups in total. The number of nitrogens with two attached hydrogens (primary N) is 1. The number of halogens is 1. The van der Waals surface area contributed by atoms with Crippen molar-refractivity contribution in [1.29, 1.82) is 0 Å². The van der Waals surface area contributed by atoms with Crippen LogP contribution in [-0.4, -0.2) is 16.3 Å². The van der Waals surface area contributed by atoms with Gasteiger partial charge < -0.3 is 10.8 Å². The normalized spacial score (nSPS) is 12.4. The fraction of sp³-hybridized carbons (Fsp3) is 0.417. The Bertz CT molecular complexity index is 398. The number of hydrogen-bond donors (Lipinski definition) is 2. The van der Waals surface area contributed by atoms with Crippen molar-refractivity contribution in [2.24, 2.45) is 0 Å². The molecule has 0 saturated carbocycles. The van der Waals surface area contributed by atoms with Crippen LogP contribution in [0.3, 0.4) is 0 Å². The lowest BCUT2D eigenvalue weighted by atomic mass is 10.2. The summed E-state index contributed by atoms with van der Waals surface area (Å²) in [5, 5.41) is 8.72. The van der Waals surface area contributed by atoms with Gasteiger partial charge in [0.05, 0.1) is 0 Å². The molecule has 5 heteroatoms. The molecule has 0 aromatic heterocycles. The van der Waals surface area contributed by atoms with Crippen LogP contribution in [0.2, 0.25) is 0 Å². The molecule has 0 bridgehead atoms. The van der Waals surface area contributed by atoms with Gasteiger partial charge in [-0.1, -0.05) is 35.7 Å². The van der Waals surface area contributed by atoms with Gasteiger partial charge >= 0.3 is 5.97 Å². The van der Waals surface area contributed by atoms with Gasteiger partial charge in [0, 0.05) is 15.1 Å². The molecule has 0 saturated heterocycles. The Kier molecular flexibility index (Phi) is 5.85. The summed E-state index contributed by atoms with van der Waals surface area (Å²) in [6.45, 7) is 2.05. The lowest BCUT2D eigenvalue weighted by molar-refractivity contribution is -0.136. The first kappa shape index (κ1) is 14.4. The van der Waals surface area contributed by atoms with E-state index in [0.29, 0.717) is 12.1 Å². The first-order valence-corrected chi connectivity index (χ1v) is 7.16. The summed E-state index contributed by atoms with van der Waals surface area (Å²) in [6, 6.07) is 5.49. The summed E-state index contributed by atoms with van der Waals surface area (Å²) < 4.78 is 0.911. The maximum Gasteiger partial charge on any atom is 0.316 e. The summed E-state index contributed by atoms with van der Waals surface area (Å²) >= 11 is 4.68. The molecular weight excluding hydrogens is 302 g/mol. The van der Waals surface area contributed by atoms with Gasteiger partial charge in [0.2, 0.25) is 0 Å². The van der Waals surface area contributed by atoms with Crippen molar-refractivity contribution < 1.29 is 9.90 Å². The lowest BCUT2D eigenvalue weighted by Crippen LogP contribution is -2.16. The predicted molar refractivity (Wildman–Crippen MR) is 75.4 cm³/mol. The van der Waals surface area contributed by atoms with E-state index in [9.17, 15) is 4.79 Å². The Morgan fingerprint density at radius 3 is 2.88 bits per heavy atom. The number of unbranched alkanes of at least 4 members (excludes halogenated alkanes) is 1. The zero-order valence-corrected chi connectivity index (χ0v) is 12.1. The topological polar surface area (TPSA) is 63.3 Å². The third kappa shape index (κ3) is 4.60. The minimum atomic E-state index is -0.775. The summed E-state index contributed by atoms with van der Waals surface area (Å²) in [6.07, 6.45) is 2.58. The highest BCUT2D eigenvalue weighted by Crippen LogP contribution is 2.33. The van der Waals surface area contributed by atoms with Crippen molar-refractivity contribution in [3.05, 3.63) is 22.7 Å². The fourth-order valence-corrected chi connectivity index (χ4v) is 2.99. The number of carboxylic acid groups (broad SMARTS) is 1. The van der Waals surface area contributed by atoms with E-state index < -0.39 is 11.2 Å². The molecular formula is C12H16BrNO2S. The second-order valence-corrected chi connectivity index (χ2v) is 5.93. The van der Waals surface area contributed by atoms with Crippen LogP contribution < -0.4 is 5.73 Å². The maximum absolute atomic E-state index is 11.1. The van der Waals surface area contributed by atoms with Crippen LogP contribution in [0.25, 0.3) is 0 Å². The van der Waals surface area contributed by atoms with Gasteiger partial charge in [-0.25, -0.2) is 0 Å². The van der Waals surface area contributed by atoms with E-state index in [-0.39, 0.29) is 0 Å². The average Bonchev–Trinajstić information content (AvgIpc) is 2.28. The number of nitrogen functional groups attached to an aromatic ring is 1. The summed E-state index contributed by atoms with van der Waals surface area (Å²) in [5.41, 5.74) is 6.46. The minimum absolute atomic E-state index is 0.424. The number of anilines is 1. The first-order chi connectivity index (χ1) is 8.04. The standard InChI is InChI=1S/C12H16BrNO2S/c1-2-3-4-10(12(15)16)17-11-7-8(13)5-6-9(11)14/h5-7,10H,2-4,14H2,1H3,(H,15,16). The molecule has 1 rings (SSSR count). The molecule has 0 spiro atoms. The number of carboxylic acids is 1. The molecule has 0 radical (unpaired) electrons. The van der Waals surface area contributed by atoms with Crippen LogP contribution in [0.15, 0.2) is 27.6 Å². The SMILES string of the molecule is CCCCC(Sc1cc(Br)ccc1N)C(=O)O. The van der Waals surface area contributed by atoms with Crippen LogP contribution in [0.5, 0.6) is 0 Å². The number of benzene rings is 1. The van der Waals surface area contributed by atoms with Gasteiger partial charge in [-0.2, -0.15) is 0 Å². The molecule has 0 heterocycles. The van der Waals surface area contributed by atoms with E-state index in [0.717, 1.165) is 22.2 Å². The van der Waals surface area contributed by atoms with E-state index in [1.165, 1.54) is 11.8 Å². The van der Waals surface area contributed by atoms with Crippen LogP contribution in [0.1, 0.15) is 26.2 Å². The van der Waals surface area contributed by atoms with Crippen molar-refractivity contribution in [2.75, 3.05) is 5.73 Å². The molecule has 1 atom stereocenters. The molecule has 0 amide bonds. The van der Waals surface area contributed by atoms with Crippen molar-refractivity contribution in [1.82, 2.24) is 0 Å². The second-order valence-electron chi connectivity index (χ2n) is 3.77. The van der Waals surface area contributed by atoms with Crippen molar-refractivity contribution in [3.8, 4) is 0 Å². The largest absolute Gasteiger partial charge is 0.480 e. The Labute approximate surface area is 114 Å². The van der Waals surface area contributed by atoms with Crippen molar-refractivity contribution in [2.45, 2.75) is 36.3 Å². The molecule has 1 unspecified atom stereocenters. The number of thioether (sulfide) groups is 1. The molecule has 1 aromatic carbocycles. The smallest absolute Gasteiger partial charge is 0.316 e. The van der Waals surface area contributed by atoms with Gasteiger partial charge in [-0.05, 0) is 24.6 Å². The minimum Gasteiger partial charge on any atom is -0.480 e. The Morgan fingerprint density at radius 2 is 2.29 bits per heavy atom. The van der Waals surface area contributed by atoms with Gasteiger partial charge in [-0.3, -0.25) is 4.79 Å². The Balaban J connectivity index is 2.78. The molecule has 17 heavy (non-hydrogen) atoms. The summed E-state index contributed by atoms with van der Waals surface area (Å²) in [4.78, 5) is 12.0. The van der Waals surface area contributed by atoms with Crippen LogP contribution in [0.4, 0.5) is 5.69 Å². The molecule has 94 valence electrons. The maximum atomic E-state index is 11.1. The number of carbonyl (C=O) groups is 1. The molecule has 1 aromatic rings. The van der Waals surface area contributed by atoms with Gasteiger partial charge in [0.25, 0.3) is 0 Å². The zero-order chi connectivity index (χ0) is 12.8. The molecule has 0 aliphatic carbocycles. The second kappa shape index (κ2) is 6.91. The molecule has 0 aliphatic heterocycles. The number of aliphatic carboxylic acids is 1. The Hall–Kier alpha value is -0.680. The number of rotatable bonds is 6. The first-order valence-electron chi connectivity index (χ1n) is 5.49. The lowest BCUT2D eigenvalue weighted by Gasteiger charge is -2.13. The highest BCUT2D eigenvalue weighted by molar-refractivity contribution is 9.10. The quantitative estimate of drug-likeness (QED) is 0.619. The Morgan fingerprint density at radius 1 is 1.59 bits per heavy atom. The van der Waals surface area contributed by atoms with E-state index in [1.807, 2.05) is 12.1 Å². The highest BCUT2D eigenvalue weighted by atomic mass is 79.9. The molecule has 0 fully saturated rings. The van der Waals surface area contributed by atoms with E-state index in [1.54, 1.807) is 6.07 Å². The summed E-state index contributed by atoms with van der Waals surface area (Å²) in [7, 11) is 0. The van der Waals surface area contributed by atoms with Crippen molar-refractivity contribution in [3.63, 3.8) is 0 Å². The third-order valence-corrected chi connectivity index (χ3v) is 4.16. The number of hydrogen-bond acceptors (Lipinski definition) is 3. The van der Waals surface area contributed by atoms with Gasteiger partial charge in [0.1, 0.15) is 5.25 Å². The fourth-order valence-electron chi connectivity index (χ4n) is 1.39. The van der Waals surface area contributed by atoms with E-state index >= 15 is 0 Å². The van der Waals surface area contributed by atoms with Crippen LogP contribution in [-0.2, 0) is 4.79 Å². The van der Waals surface area contributed by atoms with Gasteiger partial charge in [0.15, 0.2) is 0 Å². The molecule has 3 nitrogen and oxygen atoms in total. The monoisotopic (exact) mass is 317 g/mol. The third-order valence-electron chi connectivity index (χ3n) is 2.34. The average molecular weight is 318 g/mol. The van der Waals surface area contributed by atoms with Crippen LogP contribution in [0, 0.1) is 0 Å². The van der Waals surface area contributed by atoms with Crippen LogP contribution >= 0.6 is 27.7 Å². The predicted octanol–water partition coefficient (Wildman–Crippen LogP) is 3.77. The van der Waals surface area contributed by atoms with E-state index in [4.69, 9.17) is 10.8 Å². The van der Waals surface area contributed by atoms with Gasteiger partial charge in [-0.15, -0.1) is 11.8 Å². The van der Waals surface area contributed by atoms with E-state index in [2.05, 4.69) is 22.9 Å². The van der Waals surface area contributed by atoms with Crippen molar-refractivity contribution >= 4 is 39.3 Å². The highest BCUT2D eigenvalue weighted by Gasteiger charge is 2.19. The summed E-state index contributed by atoms with van der Waals surface area (Å²) in [5.74, 6) is -0.775.